The number of nitrogens with one attached hydrogen (secondary N) is 2. The van der Waals surface area contributed by atoms with Crippen molar-refractivity contribution in [3.05, 3.63) is 47.0 Å². The van der Waals surface area contributed by atoms with Crippen LogP contribution >= 0.6 is 0 Å². The topological polar surface area (TPSA) is 99.3 Å². The molecule has 2 aromatic rings. The molecule has 0 saturated heterocycles. The summed E-state index contributed by atoms with van der Waals surface area (Å²) >= 11 is 0. The van der Waals surface area contributed by atoms with E-state index in [2.05, 4.69) is 9.71 Å². The zero-order valence-corrected chi connectivity index (χ0v) is 12.1. The van der Waals surface area contributed by atoms with E-state index in [-0.39, 0.29) is 27.5 Å². The summed E-state index contributed by atoms with van der Waals surface area (Å²) in [7, 11) is -4.02. The first kappa shape index (κ1) is 15.0. The molecule has 0 unspecified atom stereocenters. The molecule has 0 aliphatic heterocycles. The molecule has 21 heavy (non-hydrogen) atoms. The van der Waals surface area contributed by atoms with Crippen molar-refractivity contribution < 1.29 is 22.7 Å². The SMILES string of the molecule is Cc1[nH]c(C(=O)O)c(C)c1S(=O)(=O)Nc1cccc(F)c1. The number of hydrogen-bond acceptors (Lipinski definition) is 3. The number of halogens is 1. The van der Waals surface area contributed by atoms with Gasteiger partial charge in [-0.15, -0.1) is 0 Å². The minimum atomic E-state index is -4.02. The van der Waals surface area contributed by atoms with Gasteiger partial charge in [0.05, 0.1) is 5.69 Å². The van der Waals surface area contributed by atoms with Crippen LogP contribution in [-0.4, -0.2) is 24.5 Å². The van der Waals surface area contributed by atoms with Crippen molar-refractivity contribution in [3.63, 3.8) is 0 Å². The molecular weight excluding hydrogens is 299 g/mol. The molecular formula is C13H13FN2O4S. The van der Waals surface area contributed by atoms with Crippen LogP contribution in [0, 0.1) is 19.7 Å². The van der Waals surface area contributed by atoms with E-state index in [0.29, 0.717) is 0 Å². The van der Waals surface area contributed by atoms with Gasteiger partial charge in [-0.05, 0) is 32.0 Å². The lowest BCUT2D eigenvalue weighted by atomic mass is 10.2. The summed E-state index contributed by atoms with van der Waals surface area (Å²) in [6, 6.07) is 4.99. The number of sulfonamides is 1. The maximum atomic E-state index is 13.1. The predicted octanol–water partition coefficient (Wildman–Crippen LogP) is 2.27. The molecule has 112 valence electrons. The van der Waals surface area contributed by atoms with Crippen molar-refractivity contribution >= 4 is 21.7 Å². The molecule has 0 saturated carbocycles. The van der Waals surface area contributed by atoms with Crippen molar-refractivity contribution in [2.45, 2.75) is 18.7 Å². The number of aromatic carboxylic acids is 1. The number of rotatable bonds is 4. The molecule has 6 nitrogen and oxygen atoms in total. The number of benzene rings is 1. The van der Waals surface area contributed by atoms with Crippen LogP contribution < -0.4 is 4.72 Å². The first-order valence-electron chi connectivity index (χ1n) is 5.93. The van der Waals surface area contributed by atoms with Gasteiger partial charge in [0.25, 0.3) is 10.0 Å². The van der Waals surface area contributed by atoms with Crippen LogP contribution in [0.2, 0.25) is 0 Å². The molecule has 3 N–H and O–H groups in total. The van der Waals surface area contributed by atoms with E-state index in [1.807, 2.05) is 0 Å². The van der Waals surface area contributed by atoms with Crippen molar-refractivity contribution in [1.82, 2.24) is 4.98 Å². The van der Waals surface area contributed by atoms with Gasteiger partial charge in [-0.25, -0.2) is 17.6 Å². The number of H-pyrrole nitrogens is 1. The number of aromatic nitrogens is 1. The molecule has 0 amide bonds. The van der Waals surface area contributed by atoms with Crippen LogP contribution in [0.3, 0.4) is 0 Å². The van der Waals surface area contributed by atoms with Gasteiger partial charge in [-0.1, -0.05) is 6.07 Å². The summed E-state index contributed by atoms with van der Waals surface area (Å²) in [6.07, 6.45) is 0. The molecule has 2 rings (SSSR count). The van der Waals surface area contributed by atoms with E-state index >= 15 is 0 Å². The fourth-order valence-electron chi connectivity index (χ4n) is 2.11. The first-order valence-corrected chi connectivity index (χ1v) is 7.41. The van der Waals surface area contributed by atoms with Gasteiger partial charge in [-0.3, -0.25) is 4.72 Å². The van der Waals surface area contributed by atoms with E-state index in [4.69, 9.17) is 5.11 Å². The lowest BCUT2D eigenvalue weighted by molar-refractivity contribution is 0.0690. The molecule has 1 heterocycles. The molecule has 8 heteroatoms. The van der Waals surface area contributed by atoms with Gasteiger partial charge in [0.2, 0.25) is 0 Å². The average molecular weight is 312 g/mol. The van der Waals surface area contributed by atoms with Gasteiger partial charge in [0.1, 0.15) is 16.4 Å². The third-order valence-corrected chi connectivity index (χ3v) is 4.58. The van der Waals surface area contributed by atoms with Crippen LogP contribution in [0.25, 0.3) is 0 Å². The standard InChI is InChI=1S/C13H13FN2O4S/c1-7-11(13(17)18)15-8(2)12(7)21(19,20)16-10-5-3-4-9(14)6-10/h3-6,15-16H,1-2H3,(H,17,18). The zero-order chi connectivity index (χ0) is 15.8. The predicted molar refractivity (Wildman–Crippen MR) is 74.4 cm³/mol. The Morgan fingerprint density at radius 3 is 2.52 bits per heavy atom. The van der Waals surface area contributed by atoms with E-state index in [1.165, 1.54) is 32.0 Å². The molecule has 0 radical (unpaired) electrons. The normalized spacial score (nSPS) is 11.4. The Morgan fingerprint density at radius 1 is 1.33 bits per heavy atom. The second-order valence-electron chi connectivity index (χ2n) is 4.50. The van der Waals surface area contributed by atoms with E-state index < -0.39 is 21.8 Å². The highest BCUT2D eigenvalue weighted by Gasteiger charge is 2.26. The number of carboxylic acids is 1. The second kappa shape index (κ2) is 5.21. The molecule has 1 aromatic carbocycles. The Labute approximate surface area is 120 Å². The van der Waals surface area contributed by atoms with Gasteiger partial charge in [-0.2, -0.15) is 0 Å². The van der Waals surface area contributed by atoms with Crippen LogP contribution in [0.4, 0.5) is 10.1 Å². The van der Waals surface area contributed by atoms with Crippen molar-refractivity contribution in [1.29, 1.82) is 0 Å². The lowest BCUT2D eigenvalue weighted by Crippen LogP contribution is -2.14. The molecule has 0 aliphatic rings. The van der Waals surface area contributed by atoms with Crippen molar-refractivity contribution in [2.24, 2.45) is 0 Å². The largest absolute Gasteiger partial charge is 0.477 e. The van der Waals surface area contributed by atoms with E-state index in [9.17, 15) is 17.6 Å². The molecule has 0 atom stereocenters. The van der Waals surface area contributed by atoms with Crippen LogP contribution in [0.15, 0.2) is 29.2 Å². The first-order chi connectivity index (χ1) is 9.72. The fourth-order valence-corrected chi connectivity index (χ4v) is 3.61. The molecule has 0 aliphatic carbocycles. The zero-order valence-electron chi connectivity index (χ0n) is 11.3. The maximum absolute atomic E-state index is 13.1. The maximum Gasteiger partial charge on any atom is 0.352 e. The number of carbonyl (C=O) groups is 1. The Balaban J connectivity index is 2.48. The number of carboxylic acid groups (broad SMARTS) is 1. The van der Waals surface area contributed by atoms with E-state index in [0.717, 1.165) is 6.07 Å². The molecule has 0 spiro atoms. The van der Waals surface area contributed by atoms with Crippen LogP contribution in [0.5, 0.6) is 0 Å². The lowest BCUT2D eigenvalue weighted by Gasteiger charge is -2.08. The highest BCUT2D eigenvalue weighted by molar-refractivity contribution is 7.92. The Bertz CT molecular complexity index is 812. The summed E-state index contributed by atoms with van der Waals surface area (Å²) in [5, 5.41) is 9.00. The number of hydrogen-bond donors (Lipinski definition) is 3. The van der Waals surface area contributed by atoms with E-state index in [1.54, 1.807) is 0 Å². The second-order valence-corrected chi connectivity index (χ2v) is 6.12. The van der Waals surface area contributed by atoms with Gasteiger partial charge in [0, 0.05) is 11.3 Å². The van der Waals surface area contributed by atoms with Crippen LogP contribution in [0.1, 0.15) is 21.7 Å². The number of aromatic amines is 1. The highest BCUT2D eigenvalue weighted by atomic mass is 32.2. The highest BCUT2D eigenvalue weighted by Crippen LogP contribution is 2.25. The minimum Gasteiger partial charge on any atom is -0.477 e. The Morgan fingerprint density at radius 2 is 2.00 bits per heavy atom. The fraction of sp³-hybridized carbons (Fsp3) is 0.154. The monoisotopic (exact) mass is 312 g/mol. The summed E-state index contributed by atoms with van der Waals surface area (Å²) in [4.78, 5) is 13.4. The minimum absolute atomic E-state index is 0.0619. The van der Waals surface area contributed by atoms with Gasteiger partial charge < -0.3 is 10.1 Å². The quantitative estimate of drug-likeness (QED) is 0.806. The van der Waals surface area contributed by atoms with Crippen LogP contribution in [-0.2, 0) is 10.0 Å². The van der Waals surface area contributed by atoms with Crippen molar-refractivity contribution in [3.8, 4) is 0 Å². The summed E-state index contributed by atoms with van der Waals surface area (Å²) in [5.74, 6) is -1.83. The Kier molecular flexibility index (Phi) is 3.73. The summed E-state index contributed by atoms with van der Waals surface area (Å²) < 4.78 is 40.0. The van der Waals surface area contributed by atoms with Crippen molar-refractivity contribution in [2.75, 3.05) is 4.72 Å². The smallest absolute Gasteiger partial charge is 0.352 e. The Hall–Kier alpha value is -2.35. The third kappa shape index (κ3) is 2.89. The number of anilines is 1. The molecule has 1 aromatic heterocycles. The van der Waals surface area contributed by atoms with Gasteiger partial charge >= 0.3 is 5.97 Å². The average Bonchev–Trinajstić information content (AvgIpc) is 2.64. The molecule has 0 bridgehead atoms. The summed E-state index contributed by atoms with van der Waals surface area (Å²) in [5.41, 5.74) is 0.177. The third-order valence-electron chi connectivity index (χ3n) is 2.93. The number of aryl methyl sites for hydroxylation is 1. The van der Waals surface area contributed by atoms with Gasteiger partial charge in [0.15, 0.2) is 0 Å². The summed E-state index contributed by atoms with van der Waals surface area (Å²) in [6.45, 7) is 2.85. The molecule has 0 fully saturated rings.